The molecule has 26 heavy (non-hydrogen) atoms. The minimum Gasteiger partial charge on any atom is -0.491 e. The molecule has 0 bridgehead atoms. The van der Waals surface area contributed by atoms with Crippen molar-refractivity contribution in [3.8, 4) is 5.75 Å². The number of halogens is 1. The molecular weight excluding hydrogens is 394 g/mol. The average Bonchev–Trinajstić information content (AvgIpc) is 3.23. The summed E-state index contributed by atoms with van der Waals surface area (Å²) in [6.07, 6.45) is -0.104. The predicted molar refractivity (Wildman–Crippen MR) is 105 cm³/mol. The summed E-state index contributed by atoms with van der Waals surface area (Å²) in [5.74, 6) is 1.01. The number of benzene rings is 1. The van der Waals surface area contributed by atoms with Gasteiger partial charge in [0, 0.05) is 29.0 Å². The molecule has 5 nitrogen and oxygen atoms in total. The van der Waals surface area contributed by atoms with E-state index >= 15 is 0 Å². The van der Waals surface area contributed by atoms with Gasteiger partial charge in [-0.1, -0.05) is 17.7 Å². The molecular formula is C18H22ClNO4S2. The van der Waals surface area contributed by atoms with E-state index in [0.29, 0.717) is 30.3 Å². The van der Waals surface area contributed by atoms with Crippen LogP contribution in [0.5, 0.6) is 5.75 Å². The van der Waals surface area contributed by atoms with Gasteiger partial charge >= 0.3 is 0 Å². The first-order valence-corrected chi connectivity index (χ1v) is 11.5. The second kappa shape index (κ2) is 8.71. The van der Waals surface area contributed by atoms with Crippen molar-refractivity contribution < 1.29 is 18.3 Å². The van der Waals surface area contributed by atoms with Gasteiger partial charge in [0.05, 0.1) is 11.5 Å². The molecule has 1 fully saturated rings. The lowest BCUT2D eigenvalue weighted by molar-refractivity contribution is 0.0529. The highest BCUT2D eigenvalue weighted by molar-refractivity contribution is 7.91. The van der Waals surface area contributed by atoms with E-state index in [9.17, 15) is 13.5 Å². The Balaban J connectivity index is 1.59. The maximum Gasteiger partial charge on any atom is 0.151 e. The van der Waals surface area contributed by atoms with Crippen molar-refractivity contribution in [2.24, 2.45) is 0 Å². The number of hydrogen-bond donors (Lipinski definition) is 1. The number of aliphatic hydroxyl groups is 1. The summed E-state index contributed by atoms with van der Waals surface area (Å²) in [5.41, 5.74) is 0. The third-order valence-corrected chi connectivity index (χ3v) is 7.23. The Kier molecular flexibility index (Phi) is 6.58. The van der Waals surface area contributed by atoms with E-state index in [1.54, 1.807) is 35.6 Å². The fraction of sp³-hybridized carbons (Fsp3) is 0.444. The molecule has 2 atom stereocenters. The van der Waals surface area contributed by atoms with E-state index in [4.69, 9.17) is 16.3 Å². The molecule has 8 heteroatoms. The Morgan fingerprint density at radius 2 is 2.08 bits per heavy atom. The number of sulfone groups is 1. The van der Waals surface area contributed by atoms with Crippen molar-refractivity contribution >= 4 is 32.8 Å². The minimum absolute atomic E-state index is 0.0627. The van der Waals surface area contributed by atoms with Crippen LogP contribution in [0.2, 0.25) is 5.02 Å². The largest absolute Gasteiger partial charge is 0.491 e. The Morgan fingerprint density at radius 3 is 2.69 bits per heavy atom. The number of ether oxygens (including phenoxy) is 1. The SMILES string of the molecule is O=S1(=O)CCC(N(Cc2cccs2)CC(O)COc2ccc(Cl)cc2)C1. The molecule has 1 aromatic carbocycles. The second-order valence-corrected chi connectivity index (χ2v) is 10.2. The molecule has 2 aromatic rings. The lowest BCUT2D eigenvalue weighted by atomic mass is 10.2. The Morgan fingerprint density at radius 1 is 1.31 bits per heavy atom. The maximum atomic E-state index is 11.8. The molecule has 0 spiro atoms. The molecule has 0 radical (unpaired) electrons. The van der Waals surface area contributed by atoms with Gasteiger partial charge in [-0.05, 0) is 42.1 Å². The Bertz CT molecular complexity index is 793. The van der Waals surface area contributed by atoms with Crippen LogP contribution in [0.15, 0.2) is 41.8 Å². The van der Waals surface area contributed by atoms with Crippen LogP contribution in [0, 0.1) is 0 Å². The summed E-state index contributed by atoms with van der Waals surface area (Å²) < 4.78 is 29.3. The topological polar surface area (TPSA) is 66.8 Å². The molecule has 1 aliphatic rings. The predicted octanol–water partition coefficient (Wildman–Crippen LogP) is 2.83. The van der Waals surface area contributed by atoms with E-state index < -0.39 is 15.9 Å². The Labute approximate surface area is 163 Å². The summed E-state index contributed by atoms with van der Waals surface area (Å²) in [6, 6.07) is 10.9. The monoisotopic (exact) mass is 415 g/mol. The number of rotatable bonds is 8. The van der Waals surface area contributed by atoms with Crippen LogP contribution in [0.4, 0.5) is 0 Å². The summed E-state index contributed by atoms with van der Waals surface area (Å²) in [6.45, 7) is 1.14. The van der Waals surface area contributed by atoms with Crippen LogP contribution in [-0.4, -0.2) is 55.2 Å². The van der Waals surface area contributed by atoms with Crippen LogP contribution in [0.1, 0.15) is 11.3 Å². The molecule has 1 N–H and O–H groups in total. The highest BCUT2D eigenvalue weighted by Gasteiger charge is 2.33. The number of nitrogens with zero attached hydrogens (tertiary/aromatic N) is 1. The van der Waals surface area contributed by atoms with Gasteiger partial charge in [0.15, 0.2) is 9.84 Å². The van der Waals surface area contributed by atoms with E-state index in [1.807, 2.05) is 17.5 Å². The highest BCUT2D eigenvalue weighted by Crippen LogP contribution is 2.22. The van der Waals surface area contributed by atoms with Crippen LogP contribution < -0.4 is 4.74 Å². The molecule has 1 aliphatic heterocycles. The third-order valence-electron chi connectivity index (χ3n) is 4.37. The van der Waals surface area contributed by atoms with E-state index in [1.165, 1.54) is 0 Å². The lowest BCUT2D eigenvalue weighted by Gasteiger charge is -2.29. The number of hydrogen-bond acceptors (Lipinski definition) is 6. The van der Waals surface area contributed by atoms with Crippen molar-refractivity contribution in [2.75, 3.05) is 24.7 Å². The van der Waals surface area contributed by atoms with Gasteiger partial charge in [-0.25, -0.2) is 8.42 Å². The van der Waals surface area contributed by atoms with Gasteiger partial charge in [0.25, 0.3) is 0 Å². The summed E-state index contributed by atoms with van der Waals surface area (Å²) >= 11 is 7.48. The molecule has 2 unspecified atom stereocenters. The molecule has 142 valence electrons. The number of thiophene rings is 1. The molecule has 2 heterocycles. The smallest absolute Gasteiger partial charge is 0.151 e. The zero-order valence-electron chi connectivity index (χ0n) is 14.3. The second-order valence-electron chi connectivity index (χ2n) is 6.48. The van der Waals surface area contributed by atoms with E-state index in [-0.39, 0.29) is 24.2 Å². The Hall–Kier alpha value is -1.12. The quantitative estimate of drug-likeness (QED) is 0.718. The van der Waals surface area contributed by atoms with Gasteiger partial charge < -0.3 is 9.84 Å². The van der Waals surface area contributed by atoms with Crippen LogP contribution in [-0.2, 0) is 16.4 Å². The van der Waals surface area contributed by atoms with Gasteiger partial charge in [-0.3, -0.25) is 4.90 Å². The molecule has 0 amide bonds. The van der Waals surface area contributed by atoms with Crippen molar-refractivity contribution in [1.82, 2.24) is 4.90 Å². The van der Waals surface area contributed by atoms with Gasteiger partial charge in [0.2, 0.25) is 0 Å². The normalized spacial score (nSPS) is 20.3. The molecule has 1 aromatic heterocycles. The van der Waals surface area contributed by atoms with E-state index in [2.05, 4.69) is 4.90 Å². The molecule has 3 rings (SSSR count). The molecule has 0 saturated carbocycles. The molecule has 1 saturated heterocycles. The fourth-order valence-corrected chi connectivity index (χ4v) is 5.67. The van der Waals surface area contributed by atoms with Crippen molar-refractivity contribution in [2.45, 2.75) is 25.1 Å². The van der Waals surface area contributed by atoms with Gasteiger partial charge in [-0.2, -0.15) is 0 Å². The molecule has 0 aliphatic carbocycles. The van der Waals surface area contributed by atoms with E-state index in [0.717, 1.165) is 4.88 Å². The van der Waals surface area contributed by atoms with Crippen LogP contribution in [0.25, 0.3) is 0 Å². The summed E-state index contributed by atoms with van der Waals surface area (Å²) in [4.78, 5) is 3.21. The standard InChI is InChI=1S/C18H22ClNO4S2/c19-14-3-5-17(6-4-14)24-12-16(21)10-20(11-18-2-1-8-25-18)15-7-9-26(22,23)13-15/h1-6,8,15-16,21H,7,9-13H2. The fourth-order valence-electron chi connectivity index (χ4n) is 3.06. The van der Waals surface area contributed by atoms with Crippen molar-refractivity contribution in [3.63, 3.8) is 0 Å². The first kappa shape index (κ1) is 19.6. The minimum atomic E-state index is -2.98. The lowest BCUT2D eigenvalue weighted by Crippen LogP contribution is -2.42. The summed E-state index contributed by atoms with van der Waals surface area (Å²) in [5, 5.41) is 13.0. The van der Waals surface area contributed by atoms with Crippen molar-refractivity contribution in [3.05, 3.63) is 51.7 Å². The number of aliphatic hydroxyl groups excluding tert-OH is 1. The first-order valence-electron chi connectivity index (χ1n) is 8.44. The first-order chi connectivity index (χ1) is 12.4. The maximum absolute atomic E-state index is 11.8. The highest BCUT2D eigenvalue weighted by atomic mass is 35.5. The zero-order chi connectivity index (χ0) is 18.6. The zero-order valence-corrected chi connectivity index (χ0v) is 16.6. The van der Waals surface area contributed by atoms with Crippen LogP contribution >= 0.6 is 22.9 Å². The summed E-state index contributed by atoms with van der Waals surface area (Å²) in [7, 11) is -2.98. The van der Waals surface area contributed by atoms with Gasteiger partial charge in [-0.15, -0.1) is 11.3 Å². The van der Waals surface area contributed by atoms with Gasteiger partial charge in [0.1, 0.15) is 18.5 Å². The third kappa shape index (κ3) is 5.69. The average molecular weight is 416 g/mol. The van der Waals surface area contributed by atoms with Crippen LogP contribution in [0.3, 0.4) is 0 Å². The van der Waals surface area contributed by atoms with Crippen molar-refractivity contribution in [1.29, 1.82) is 0 Å².